The highest BCUT2D eigenvalue weighted by molar-refractivity contribution is 7.80. The first kappa shape index (κ1) is 22.8. The summed E-state index contributed by atoms with van der Waals surface area (Å²) in [5, 5.41) is 19.9. The summed E-state index contributed by atoms with van der Waals surface area (Å²) in [6.07, 6.45) is 1.70. The Kier molecular flexibility index (Phi) is 6.95. The number of carbonyl (C=O) groups excluding carboxylic acids is 1. The van der Waals surface area contributed by atoms with Crippen molar-refractivity contribution in [2.75, 3.05) is 11.9 Å². The van der Waals surface area contributed by atoms with Crippen LogP contribution < -0.4 is 15.4 Å². The Labute approximate surface area is 201 Å². The Morgan fingerprint density at radius 2 is 1.94 bits per heavy atom. The number of hydrogen-bond acceptors (Lipinski definition) is 7. The summed E-state index contributed by atoms with van der Waals surface area (Å²) < 4.78 is 7.33. The van der Waals surface area contributed by atoms with Gasteiger partial charge in [0.05, 0.1) is 6.61 Å². The van der Waals surface area contributed by atoms with Gasteiger partial charge in [-0.15, -0.1) is 10.2 Å². The molecule has 10 heteroatoms. The average molecular weight is 481 g/mol. The Morgan fingerprint density at radius 1 is 1.15 bits per heavy atom. The molecular weight excluding hydrogens is 456 g/mol. The smallest absolute Gasteiger partial charge is 0.257 e. The number of benzene rings is 2. The van der Waals surface area contributed by atoms with E-state index in [1.54, 1.807) is 28.8 Å². The predicted molar refractivity (Wildman–Crippen MR) is 134 cm³/mol. The fraction of sp³-hybridized carbons (Fsp3) is 0.261. The van der Waals surface area contributed by atoms with Crippen LogP contribution in [0.4, 0.5) is 5.69 Å². The van der Waals surface area contributed by atoms with Crippen LogP contribution in [-0.4, -0.2) is 37.4 Å². The van der Waals surface area contributed by atoms with E-state index in [9.17, 15) is 4.79 Å². The van der Waals surface area contributed by atoms with Gasteiger partial charge in [-0.2, -0.15) is 9.61 Å². The van der Waals surface area contributed by atoms with Crippen LogP contribution in [0.25, 0.3) is 15.5 Å². The van der Waals surface area contributed by atoms with Crippen LogP contribution in [0.1, 0.15) is 42.0 Å². The number of aromatic nitrogens is 4. The zero-order valence-electron chi connectivity index (χ0n) is 18.6. The van der Waals surface area contributed by atoms with E-state index in [-0.39, 0.29) is 11.0 Å². The molecule has 4 aromatic rings. The maximum atomic E-state index is 12.5. The lowest BCUT2D eigenvalue weighted by molar-refractivity contribution is 0.0977. The van der Waals surface area contributed by atoms with Crippen LogP contribution in [0.2, 0.25) is 0 Å². The van der Waals surface area contributed by atoms with Crippen molar-refractivity contribution in [1.82, 2.24) is 25.1 Å². The molecule has 170 valence electrons. The van der Waals surface area contributed by atoms with Crippen LogP contribution in [0.5, 0.6) is 5.75 Å². The van der Waals surface area contributed by atoms with Gasteiger partial charge in [-0.3, -0.25) is 10.1 Å². The Balaban J connectivity index is 1.40. The van der Waals surface area contributed by atoms with Gasteiger partial charge in [0.25, 0.3) is 5.91 Å². The van der Waals surface area contributed by atoms with Crippen molar-refractivity contribution in [3.05, 3.63) is 59.4 Å². The molecule has 0 fully saturated rings. The number of nitrogens with one attached hydrogen (secondary N) is 2. The maximum Gasteiger partial charge on any atom is 0.257 e. The maximum absolute atomic E-state index is 12.5. The molecule has 2 aromatic carbocycles. The van der Waals surface area contributed by atoms with E-state index in [1.807, 2.05) is 39.0 Å². The van der Waals surface area contributed by atoms with Crippen molar-refractivity contribution in [2.24, 2.45) is 0 Å². The predicted octanol–water partition coefficient (Wildman–Crippen LogP) is 4.64. The molecule has 2 N–H and O–H groups in total. The van der Waals surface area contributed by atoms with E-state index < -0.39 is 0 Å². The van der Waals surface area contributed by atoms with E-state index in [1.165, 1.54) is 11.3 Å². The minimum Gasteiger partial charge on any atom is -0.494 e. The number of anilines is 1. The Hall–Kier alpha value is -3.37. The normalized spacial score (nSPS) is 10.9. The number of fused-ring (bicyclic) bond motifs is 1. The molecule has 2 aromatic heterocycles. The molecule has 2 heterocycles. The molecule has 4 rings (SSSR count). The van der Waals surface area contributed by atoms with Gasteiger partial charge in [0, 0.05) is 23.2 Å². The van der Waals surface area contributed by atoms with Gasteiger partial charge in [0.2, 0.25) is 4.96 Å². The van der Waals surface area contributed by atoms with E-state index in [2.05, 4.69) is 25.9 Å². The fourth-order valence-electron chi connectivity index (χ4n) is 3.18. The van der Waals surface area contributed by atoms with Crippen LogP contribution in [0.15, 0.2) is 42.5 Å². The van der Waals surface area contributed by atoms with Gasteiger partial charge < -0.3 is 10.1 Å². The van der Waals surface area contributed by atoms with E-state index in [0.717, 1.165) is 51.2 Å². The molecular formula is C23H24N6O2S2. The largest absolute Gasteiger partial charge is 0.494 e. The second-order valence-corrected chi connectivity index (χ2v) is 8.75. The third kappa shape index (κ3) is 5.18. The van der Waals surface area contributed by atoms with Crippen LogP contribution in [0, 0.1) is 6.92 Å². The Morgan fingerprint density at radius 3 is 2.64 bits per heavy atom. The summed E-state index contributed by atoms with van der Waals surface area (Å²) >= 11 is 6.84. The molecule has 0 atom stereocenters. The quantitative estimate of drug-likeness (QED) is 0.372. The number of aryl methyl sites for hydroxylation is 2. The van der Waals surface area contributed by atoms with E-state index in [4.69, 9.17) is 17.0 Å². The van der Waals surface area contributed by atoms with Crippen molar-refractivity contribution < 1.29 is 9.53 Å². The Bertz CT molecular complexity index is 1300. The summed E-state index contributed by atoms with van der Waals surface area (Å²) in [6.45, 7) is 6.69. The van der Waals surface area contributed by atoms with Crippen molar-refractivity contribution in [2.45, 2.75) is 33.6 Å². The third-order valence-electron chi connectivity index (χ3n) is 4.91. The zero-order chi connectivity index (χ0) is 23.4. The number of carbonyl (C=O) groups is 1. The standard InChI is InChI=1S/C23H24N6O2S2/c1-4-12-31-17-9-6-15(7-10-17)20(30)25-22(32)24-18-11-8-16(13-14(18)3)21-28-29-19(5-2)26-27-23(29)33-21/h6-11,13H,4-5,12H2,1-3H3,(H2,24,25,30,32). The molecule has 0 saturated heterocycles. The van der Waals surface area contributed by atoms with Gasteiger partial charge in [-0.25, -0.2) is 0 Å². The van der Waals surface area contributed by atoms with Crippen LogP contribution in [-0.2, 0) is 6.42 Å². The molecule has 0 radical (unpaired) electrons. The summed E-state index contributed by atoms with van der Waals surface area (Å²) in [5.74, 6) is 1.29. The second kappa shape index (κ2) is 10.1. The van der Waals surface area contributed by atoms with Crippen LogP contribution in [0.3, 0.4) is 0 Å². The first-order valence-corrected chi connectivity index (χ1v) is 11.9. The molecule has 33 heavy (non-hydrogen) atoms. The molecule has 0 aliphatic carbocycles. The first-order chi connectivity index (χ1) is 16.0. The fourth-order valence-corrected chi connectivity index (χ4v) is 4.24. The topological polar surface area (TPSA) is 93.4 Å². The number of nitrogens with zero attached hydrogens (tertiary/aromatic N) is 4. The zero-order valence-corrected chi connectivity index (χ0v) is 20.2. The summed E-state index contributed by atoms with van der Waals surface area (Å²) in [6, 6.07) is 12.9. The van der Waals surface area contributed by atoms with Crippen molar-refractivity contribution in [3.63, 3.8) is 0 Å². The lowest BCUT2D eigenvalue weighted by Gasteiger charge is -2.13. The van der Waals surface area contributed by atoms with Gasteiger partial charge in [-0.1, -0.05) is 25.2 Å². The van der Waals surface area contributed by atoms with E-state index >= 15 is 0 Å². The molecule has 0 saturated carbocycles. The highest BCUT2D eigenvalue weighted by Crippen LogP contribution is 2.28. The molecule has 0 aliphatic heterocycles. The van der Waals surface area contributed by atoms with Gasteiger partial charge in [-0.05, 0) is 73.6 Å². The van der Waals surface area contributed by atoms with Gasteiger partial charge >= 0.3 is 0 Å². The monoisotopic (exact) mass is 480 g/mol. The SMILES string of the molecule is CCCOc1ccc(C(=O)NC(=S)Nc2ccc(-c3nn4c(CC)nnc4s3)cc2C)cc1. The van der Waals surface area contributed by atoms with Crippen LogP contribution >= 0.6 is 23.6 Å². The third-order valence-corrected chi connectivity index (χ3v) is 6.06. The highest BCUT2D eigenvalue weighted by atomic mass is 32.1. The first-order valence-electron chi connectivity index (χ1n) is 10.7. The lowest BCUT2D eigenvalue weighted by Crippen LogP contribution is -2.34. The molecule has 8 nitrogen and oxygen atoms in total. The summed E-state index contributed by atoms with van der Waals surface area (Å²) in [5.41, 5.74) is 3.27. The lowest BCUT2D eigenvalue weighted by atomic mass is 10.1. The minimum atomic E-state index is -0.282. The van der Waals surface area contributed by atoms with E-state index in [0.29, 0.717) is 12.2 Å². The van der Waals surface area contributed by atoms with Gasteiger partial charge in [0.1, 0.15) is 10.8 Å². The number of hydrogen-bond donors (Lipinski definition) is 2. The van der Waals surface area contributed by atoms with Crippen molar-refractivity contribution >= 4 is 45.2 Å². The summed E-state index contributed by atoms with van der Waals surface area (Å²) in [7, 11) is 0. The molecule has 0 unspecified atom stereocenters. The molecule has 0 spiro atoms. The summed E-state index contributed by atoms with van der Waals surface area (Å²) in [4.78, 5) is 13.3. The highest BCUT2D eigenvalue weighted by Gasteiger charge is 2.14. The molecule has 1 amide bonds. The molecule has 0 bridgehead atoms. The average Bonchev–Trinajstić information content (AvgIpc) is 3.40. The minimum absolute atomic E-state index is 0.230. The van der Waals surface area contributed by atoms with Gasteiger partial charge in [0.15, 0.2) is 10.9 Å². The van der Waals surface area contributed by atoms with Crippen molar-refractivity contribution in [3.8, 4) is 16.3 Å². The molecule has 0 aliphatic rings. The van der Waals surface area contributed by atoms with Crippen molar-refractivity contribution in [1.29, 1.82) is 0 Å². The second-order valence-electron chi connectivity index (χ2n) is 7.38. The number of amides is 1. The number of thiocarbonyl (C=S) groups is 1. The number of rotatable bonds is 7. The number of ether oxygens (including phenoxy) is 1.